The van der Waals surface area contributed by atoms with Crippen molar-refractivity contribution >= 4 is 0 Å². The molecule has 1 fully saturated rings. The first-order valence-corrected chi connectivity index (χ1v) is 4.26. The van der Waals surface area contributed by atoms with Crippen LogP contribution >= 0.6 is 0 Å². The highest BCUT2D eigenvalue weighted by molar-refractivity contribution is 4.83. The summed E-state index contributed by atoms with van der Waals surface area (Å²) >= 11 is 0. The third-order valence-electron chi connectivity index (χ3n) is 2.58. The van der Waals surface area contributed by atoms with E-state index in [9.17, 15) is 0 Å². The van der Waals surface area contributed by atoms with Gasteiger partial charge in [0.1, 0.15) is 0 Å². The maximum atomic E-state index is 5.87. The zero-order valence-electron chi connectivity index (χ0n) is 7.12. The fourth-order valence-corrected chi connectivity index (χ4v) is 1.78. The van der Waals surface area contributed by atoms with Crippen molar-refractivity contribution in [3.8, 4) is 0 Å². The minimum absolute atomic E-state index is 0.197. The Kier molecular flexibility index (Phi) is 3.30. The number of hydrogen-bond acceptors (Lipinski definition) is 3. The zero-order valence-corrected chi connectivity index (χ0v) is 7.12. The first-order chi connectivity index (χ1) is 5.27. The Morgan fingerprint density at radius 3 is 2.64 bits per heavy atom. The van der Waals surface area contributed by atoms with Crippen LogP contribution in [0.5, 0.6) is 0 Å². The van der Waals surface area contributed by atoms with E-state index in [4.69, 9.17) is 16.2 Å². The van der Waals surface area contributed by atoms with Gasteiger partial charge in [0.05, 0.1) is 6.10 Å². The maximum Gasteiger partial charge on any atom is 0.0722 e. The summed E-state index contributed by atoms with van der Waals surface area (Å²) < 4.78 is 5.23. The van der Waals surface area contributed by atoms with E-state index in [1.165, 1.54) is 6.42 Å². The van der Waals surface area contributed by atoms with E-state index in [0.717, 1.165) is 19.4 Å². The fraction of sp³-hybridized carbons (Fsp3) is 1.00. The molecule has 0 aromatic carbocycles. The molecule has 3 heteroatoms. The van der Waals surface area contributed by atoms with Crippen molar-refractivity contribution in [3.05, 3.63) is 0 Å². The lowest BCUT2D eigenvalue weighted by atomic mass is 9.84. The van der Waals surface area contributed by atoms with Gasteiger partial charge in [-0.15, -0.1) is 0 Å². The predicted octanol–water partition coefficient (Wildman–Crippen LogP) is 0.0875. The minimum atomic E-state index is 0.197. The smallest absolute Gasteiger partial charge is 0.0722 e. The first kappa shape index (κ1) is 8.97. The number of nitrogens with two attached hydrogens (primary N) is 2. The van der Waals surface area contributed by atoms with Gasteiger partial charge in [-0.05, 0) is 31.7 Å². The van der Waals surface area contributed by atoms with Crippen LogP contribution in [0.25, 0.3) is 0 Å². The molecule has 0 aromatic heterocycles. The van der Waals surface area contributed by atoms with Crippen molar-refractivity contribution in [2.24, 2.45) is 17.4 Å². The van der Waals surface area contributed by atoms with Gasteiger partial charge < -0.3 is 16.2 Å². The average molecular weight is 158 g/mol. The molecule has 0 aromatic rings. The normalized spacial score (nSPS) is 39.0. The van der Waals surface area contributed by atoms with Gasteiger partial charge in [0.25, 0.3) is 0 Å². The van der Waals surface area contributed by atoms with Gasteiger partial charge in [0, 0.05) is 13.2 Å². The molecule has 3 atom stereocenters. The molecule has 1 saturated carbocycles. The second-order valence-electron chi connectivity index (χ2n) is 3.35. The Morgan fingerprint density at radius 2 is 2.18 bits per heavy atom. The second-order valence-corrected chi connectivity index (χ2v) is 3.35. The van der Waals surface area contributed by atoms with E-state index in [2.05, 4.69) is 0 Å². The van der Waals surface area contributed by atoms with Crippen LogP contribution in [0.15, 0.2) is 0 Å². The van der Waals surface area contributed by atoms with Crippen LogP contribution in [0.2, 0.25) is 0 Å². The third kappa shape index (κ3) is 2.15. The lowest BCUT2D eigenvalue weighted by molar-refractivity contribution is 0.0411. The largest absolute Gasteiger partial charge is 0.380 e. The number of ether oxygens (including phenoxy) is 1. The Balaban J connectivity index is 2.34. The molecule has 66 valence electrons. The van der Waals surface area contributed by atoms with Crippen LogP contribution in [0.3, 0.4) is 0 Å². The second kappa shape index (κ2) is 4.04. The summed E-state index contributed by atoms with van der Waals surface area (Å²) in [6, 6.07) is 0.197. The van der Waals surface area contributed by atoms with Crippen LogP contribution in [0.1, 0.15) is 19.3 Å². The van der Waals surface area contributed by atoms with Crippen molar-refractivity contribution in [2.75, 3.05) is 13.7 Å². The molecule has 0 aliphatic heterocycles. The summed E-state index contributed by atoms with van der Waals surface area (Å²) in [5.74, 6) is 0.622. The lowest BCUT2D eigenvalue weighted by Gasteiger charge is -2.32. The monoisotopic (exact) mass is 158 g/mol. The number of rotatable bonds is 2. The Bertz CT molecular complexity index is 119. The van der Waals surface area contributed by atoms with Gasteiger partial charge in [0.15, 0.2) is 0 Å². The maximum absolute atomic E-state index is 5.87. The van der Waals surface area contributed by atoms with Gasteiger partial charge in [-0.3, -0.25) is 0 Å². The van der Waals surface area contributed by atoms with Gasteiger partial charge >= 0.3 is 0 Å². The lowest BCUT2D eigenvalue weighted by Crippen LogP contribution is -2.43. The van der Waals surface area contributed by atoms with E-state index in [-0.39, 0.29) is 12.1 Å². The van der Waals surface area contributed by atoms with Crippen LogP contribution in [-0.4, -0.2) is 25.8 Å². The van der Waals surface area contributed by atoms with Crippen molar-refractivity contribution in [3.63, 3.8) is 0 Å². The molecule has 3 unspecified atom stereocenters. The molecule has 3 nitrogen and oxygen atoms in total. The molecule has 1 aliphatic rings. The Labute approximate surface area is 68.1 Å². The molecule has 1 rings (SSSR count). The van der Waals surface area contributed by atoms with E-state index in [0.29, 0.717) is 5.92 Å². The van der Waals surface area contributed by atoms with Crippen LogP contribution in [0.4, 0.5) is 0 Å². The standard InChI is InChI=1S/C8H18N2O/c1-11-8-3-2-6(5-9)4-7(8)10/h6-8H,2-5,9-10H2,1H3. The SMILES string of the molecule is COC1CCC(CN)CC1N. The predicted molar refractivity (Wildman–Crippen MR) is 45.2 cm³/mol. The summed E-state index contributed by atoms with van der Waals surface area (Å²) in [6.45, 7) is 0.768. The number of methoxy groups -OCH3 is 1. The highest BCUT2D eigenvalue weighted by Gasteiger charge is 2.26. The molecule has 0 radical (unpaired) electrons. The molecule has 1 aliphatic carbocycles. The van der Waals surface area contributed by atoms with Gasteiger partial charge in [-0.1, -0.05) is 0 Å². The number of hydrogen-bond donors (Lipinski definition) is 2. The summed E-state index contributed by atoms with van der Waals surface area (Å²) in [5.41, 5.74) is 11.4. The van der Waals surface area contributed by atoms with Crippen LogP contribution < -0.4 is 11.5 Å². The Morgan fingerprint density at radius 1 is 1.45 bits per heavy atom. The van der Waals surface area contributed by atoms with Gasteiger partial charge in [-0.25, -0.2) is 0 Å². The van der Waals surface area contributed by atoms with Crippen molar-refractivity contribution < 1.29 is 4.74 Å². The highest BCUT2D eigenvalue weighted by Crippen LogP contribution is 2.23. The Hall–Kier alpha value is -0.120. The van der Waals surface area contributed by atoms with Gasteiger partial charge in [0.2, 0.25) is 0 Å². The molecule has 0 saturated heterocycles. The van der Waals surface area contributed by atoms with Crippen LogP contribution in [-0.2, 0) is 4.74 Å². The highest BCUT2D eigenvalue weighted by atomic mass is 16.5. The summed E-state index contributed by atoms with van der Waals surface area (Å²) in [7, 11) is 1.73. The fourth-order valence-electron chi connectivity index (χ4n) is 1.78. The van der Waals surface area contributed by atoms with Crippen molar-refractivity contribution in [2.45, 2.75) is 31.4 Å². The third-order valence-corrected chi connectivity index (χ3v) is 2.58. The average Bonchev–Trinajstić information content (AvgIpc) is 2.04. The van der Waals surface area contributed by atoms with Crippen molar-refractivity contribution in [1.29, 1.82) is 0 Å². The minimum Gasteiger partial charge on any atom is -0.380 e. The summed E-state index contributed by atoms with van der Waals surface area (Å²) in [5, 5.41) is 0. The summed E-state index contributed by atoms with van der Waals surface area (Å²) in [4.78, 5) is 0. The molecule has 0 heterocycles. The van der Waals surface area contributed by atoms with E-state index in [1.807, 2.05) is 0 Å². The molecular formula is C8H18N2O. The first-order valence-electron chi connectivity index (χ1n) is 4.26. The molecule has 11 heavy (non-hydrogen) atoms. The molecule has 0 bridgehead atoms. The molecule has 0 amide bonds. The molecule has 0 spiro atoms. The van der Waals surface area contributed by atoms with E-state index < -0.39 is 0 Å². The van der Waals surface area contributed by atoms with Crippen LogP contribution in [0, 0.1) is 5.92 Å². The van der Waals surface area contributed by atoms with E-state index in [1.54, 1.807) is 7.11 Å². The van der Waals surface area contributed by atoms with E-state index >= 15 is 0 Å². The topological polar surface area (TPSA) is 61.3 Å². The molecule has 4 N–H and O–H groups in total. The summed E-state index contributed by atoms with van der Waals surface area (Å²) in [6.07, 6.45) is 3.52. The quantitative estimate of drug-likeness (QED) is 0.598. The zero-order chi connectivity index (χ0) is 8.27. The van der Waals surface area contributed by atoms with Crippen molar-refractivity contribution in [1.82, 2.24) is 0 Å². The van der Waals surface area contributed by atoms with Gasteiger partial charge in [-0.2, -0.15) is 0 Å². The molecular weight excluding hydrogens is 140 g/mol.